The lowest BCUT2D eigenvalue weighted by Gasteiger charge is -2.27. The van der Waals surface area contributed by atoms with Crippen LogP contribution in [0.4, 0.5) is 0 Å². The van der Waals surface area contributed by atoms with E-state index in [1.54, 1.807) is 24.3 Å². The number of hydrogen-bond acceptors (Lipinski definition) is 7. The van der Waals surface area contributed by atoms with Crippen LogP contribution in [-0.2, 0) is 9.59 Å². The summed E-state index contributed by atoms with van der Waals surface area (Å²) in [5, 5.41) is 21.7. The molecule has 0 bridgehead atoms. The summed E-state index contributed by atoms with van der Waals surface area (Å²) in [6.45, 7) is 9.32. The first-order chi connectivity index (χ1) is 17.3. The Morgan fingerprint density at radius 1 is 1.08 bits per heavy atom. The number of amides is 1. The molecule has 0 spiro atoms. The van der Waals surface area contributed by atoms with Crippen LogP contribution < -0.4 is 9.47 Å². The Kier molecular flexibility index (Phi) is 9.39. The van der Waals surface area contributed by atoms with E-state index in [2.05, 4.69) is 34.7 Å². The number of carbonyl (C=O) groups excluding carboxylic acids is 2. The van der Waals surface area contributed by atoms with Gasteiger partial charge in [-0.05, 0) is 68.9 Å². The number of benzene rings is 2. The zero-order valence-corrected chi connectivity index (χ0v) is 22.7. The molecule has 36 heavy (non-hydrogen) atoms. The minimum Gasteiger partial charge on any atom is -0.507 e. The van der Waals surface area contributed by atoms with Gasteiger partial charge in [-0.3, -0.25) is 9.59 Å². The van der Waals surface area contributed by atoms with Gasteiger partial charge < -0.3 is 29.5 Å². The van der Waals surface area contributed by atoms with Crippen LogP contribution in [0.3, 0.4) is 0 Å². The highest BCUT2D eigenvalue weighted by Gasteiger charge is 2.46. The summed E-state index contributed by atoms with van der Waals surface area (Å²) in [5.74, 6) is -1.14. The molecule has 9 heteroatoms. The number of aliphatic hydroxyl groups is 1. The Labute approximate surface area is 220 Å². The summed E-state index contributed by atoms with van der Waals surface area (Å²) < 4.78 is 11.7. The van der Waals surface area contributed by atoms with Gasteiger partial charge in [-0.2, -0.15) is 0 Å². The van der Waals surface area contributed by atoms with Gasteiger partial charge in [0.05, 0.1) is 30.9 Å². The van der Waals surface area contributed by atoms with Crippen molar-refractivity contribution in [2.75, 3.05) is 39.9 Å². The van der Waals surface area contributed by atoms with Gasteiger partial charge in [-0.15, -0.1) is 0 Å². The van der Waals surface area contributed by atoms with Crippen molar-refractivity contribution in [2.24, 2.45) is 0 Å². The highest BCUT2D eigenvalue weighted by Crippen LogP contribution is 2.43. The van der Waals surface area contributed by atoms with Crippen LogP contribution in [0.15, 0.2) is 46.4 Å². The summed E-state index contributed by atoms with van der Waals surface area (Å²) in [4.78, 5) is 30.2. The fraction of sp³-hybridized carbons (Fsp3) is 0.407. The van der Waals surface area contributed by atoms with Gasteiger partial charge in [0.25, 0.3) is 11.7 Å². The van der Waals surface area contributed by atoms with Crippen molar-refractivity contribution >= 4 is 33.4 Å². The molecule has 0 radical (unpaired) electrons. The minimum absolute atomic E-state index is 0.0633. The number of phenolic OH excluding ortho intramolecular Hbond substituents is 1. The van der Waals surface area contributed by atoms with Crippen LogP contribution in [0, 0.1) is 0 Å². The predicted molar refractivity (Wildman–Crippen MR) is 141 cm³/mol. The van der Waals surface area contributed by atoms with E-state index in [1.165, 1.54) is 24.1 Å². The van der Waals surface area contributed by atoms with Crippen molar-refractivity contribution in [2.45, 2.75) is 33.2 Å². The second kappa shape index (κ2) is 12.3. The number of carbonyl (C=O) groups is 2. The first kappa shape index (κ1) is 27.5. The minimum atomic E-state index is -0.857. The maximum atomic E-state index is 13.3. The number of Topliss-reactive ketones (excluding diaryl/α,β-unsaturated/α-hetero) is 1. The number of hydrogen-bond donors (Lipinski definition) is 2. The van der Waals surface area contributed by atoms with Gasteiger partial charge >= 0.3 is 0 Å². The predicted octanol–water partition coefficient (Wildman–Crippen LogP) is 4.72. The van der Waals surface area contributed by atoms with Gasteiger partial charge in [-0.25, -0.2) is 0 Å². The summed E-state index contributed by atoms with van der Waals surface area (Å²) in [5.41, 5.74) is 0.573. The summed E-state index contributed by atoms with van der Waals surface area (Å²) >= 11 is 3.33. The molecule has 8 nitrogen and oxygen atoms in total. The fourth-order valence-corrected chi connectivity index (χ4v) is 4.79. The molecule has 1 aliphatic heterocycles. The second-order valence-electron chi connectivity index (χ2n) is 8.38. The van der Waals surface area contributed by atoms with Crippen LogP contribution in [-0.4, -0.2) is 71.6 Å². The van der Waals surface area contributed by atoms with E-state index in [0.29, 0.717) is 41.1 Å². The number of likely N-dealkylation sites (tertiary alicyclic amines) is 1. The van der Waals surface area contributed by atoms with Gasteiger partial charge in [0.15, 0.2) is 11.5 Å². The normalized spacial score (nSPS) is 17.2. The number of nitrogens with zero attached hydrogens (tertiary/aromatic N) is 2. The van der Waals surface area contributed by atoms with Crippen LogP contribution in [0.1, 0.15) is 44.4 Å². The molecule has 3 rings (SSSR count). The molecular formula is C27H33BrN2O6. The molecule has 194 valence electrons. The molecule has 2 aromatic rings. The summed E-state index contributed by atoms with van der Waals surface area (Å²) in [7, 11) is 1.52. The Hall–Kier alpha value is -3.04. The van der Waals surface area contributed by atoms with E-state index in [9.17, 15) is 19.8 Å². The van der Waals surface area contributed by atoms with Crippen LogP contribution >= 0.6 is 15.9 Å². The molecule has 1 atom stereocenters. The molecule has 2 N–H and O–H groups in total. The van der Waals surface area contributed by atoms with E-state index in [1.807, 2.05) is 6.92 Å². The van der Waals surface area contributed by atoms with Crippen molar-refractivity contribution in [1.29, 1.82) is 0 Å². The second-order valence-corrected chi connectivity index (χ2v) is 9.29. The van der Waals surface area contributed by atoms with Crippen molar-refractivity contribution < 1.29 is 29.3 Å². The zero-order valence-electron chi connectivity index (χ0n) is 21.1. The summed E-state index contributed by atoms with van der Waals surface area (Å²) in [6.07, 6.45) is 0.654. The fourth-order valence-electron chi connectivity index (χ4n) is 4.43. The quantitative estimate of drug-likeness (QED) is 0.233. The number of aliphatic hydroxyl groups excluding tert-OH is 1. The number of methoxy groups -OCH3 is 1. The van der Waals surface area contributed by atoms with E-state index in [-0.39, 0.29) is 16.9 Å². The Morgan fingerprint density at radius 2 is 1.81 bits per heavy atom. The molecule has 1 unspecified atom stereocenters. The molecule has 0 aromatic heterocycles. The van der Waals surface area contributed by atoms with Gasteiger partial charge in [0, 0.05) is 11.0 Å². The van der Waals surface area contributed by atoms with Crippen LogP contribution in [0.2, 0.25) is 0 Å². The van der Waals surface area contributed by atoms with Gasteiger partial charge in [0.1, 0.15) is 11.5 Å². The average Bonchev–Trinajstić information content (AvgIpc) is 3.13. The maximum absolute atomic E-state index is 13.3. The molecule has 0 saturated carbocycles. The van der Waals surface area contributed by atoms with E-state index >= 15 is 0 Å². The molecule has 1 fully saturated rings. The molecule has 0 aliphatic carbocycles. The number of rotatable bonds is 11. The first-order valence-corrected chi connectivity index (χ1v) is 12.9. The van der Waals surface area contributed by atoms with E-state index < -0.39 is 23.5 Å². The molecule has 1 heterocycles. The molecule has 2 aromatic carbocycles. The number of aromatic hydroxyl groups is 1. The number of ketones is 1. The topological polar surface area (TPSA) is 99.5 Å². The number of phenols is 1. The lowest BCUT2D eigenvalue weighted by atomic mass is 9.94. The highest BCUT2D eigenvalue weighted by molar-refractivity contribution is 9.10. The SMILES string of the molecule is CCOc1ccc(C2C(=C(O)c3cc(Br)ccc3O)C(=O)C(=O)N2CCCN(CC)CC)cc1OC. The smallest absolute Gasteiger partial charge is 0.295 e. The number of ether oxygens (including phenoxy) is 2. The largest absolute Gasteiger partial charge is 0.507 e. The van der Waals surface area contributed by atoms with Crippen molar-refractivity contribution in [3.05, 3.63) is 57.6 Å². The summed E-state index contributed by atoms with van der Waals surface area (Å²) in [6, 6.07) is 8.88. The molecule has 1 saturated heterocycles. The van der Waals surface area contributed by atoms with Crippen molar-refractivity contribution in [1.82, 2.24) is 9.80 Å². The third kappa shape index (κ3) is 5.68. The standard InChI is InChI=1S/C27H33BrN2O6/c1-5-29(6-2)13-8-14-30-24(17-9-12-21(36-7-3)22(15-17)35-4)23(26(33)27(30)34)25(32)19-16-18(28)10-11-20(19)31/h9-12,15-16,24,31-32H,5-8,13-14H2,1-4H3. The maximum Gasteiger partial charge on any atom is 0.295 e. The average molecular weight is 561 g/mol. The number of halogens is 1. The van der Waals surface area contributed by atoms with Crippen LogP contribution in [0.5, 0.6) is 17.2 Å². The molecule has 1 aliphatic rings. The monoisotopic (exact) mass is 560 g/mol. The van der Waals surface area contributed by atoms with Gasteiger partial charge in [0.2, 0.25) is 0 Å². The van der Waals surface area contributed by atoms with Crippen molar-refractivity contribution in [3.8, 4) is 17.2 Å². The third-order valence-electron chi connectivity index (χ3n) is 6.32. The van der Waals surface area contributed by atoms with E-state index in [4.69, 9.17) is 9.47 Å². The molecular weight excluding hydrogens is 528 g/mol. The lowest BCUT2D eigenvalue weighted by Crippen LogP contribution is -2.33. The first-order valence-electron chi connectivity index (χ1n) is 12.1. The van der Waals surface area contributed by atoms with Gasteiger partial charge in [-0.1, -0.05) is 35.8 Å². The third-order valence-corrected chi connectivity index (χ3v) is 6.82. The highest BCUT2D eigenvalue weighted by atomic mass is 79.9. The molecule has 1 amide bonds. The Morgan fingerprint density at radius 3 is 2.44 bits per heavy atom. The van der Waals surface area contributed by atoms with Crippen LogP contribution in [0.25, 0.3) is 5.76 Å². The lowest BCUT2D eigenvalue weighted by molar-refractivity contribution is -0.140. The Balaban J connectivity index is 2.13. The van der Waals surface area contributed by atoms with Crippen molar-refractivity contribution in [3.63, 3.8) is 0 Å². The zero-order chi connectivity index (χ0) is 26.4. The van der Waals surface area contributed by atoms with E-state index in [0.717, 1.165) is 19.6 Å². The Bertz CT molecular complexity index is 1150.